The van der Waals surface area contributed by atoms with Gasteiger partial charge in [-0.1, -0.05) is 82.6 Å². The second-order valence-electron chi connectivity index (χ2n) is 14.5. The third-order valence-electron chi connectivity index (χ3n) is 9.42. The van der Waals surface area contributed by atoms with Gasteiger partial charge in [0.05, 0.1) is 5.41 Å². The van der Waals surface area contributed by atoms with Gasteiger partial charge in [0.2, 0.25) is 0 Å². The molecule has 1 atom stereocenters. The van der Waals surface area contributed by atoms with Gasteiger partial charge in [0.15, 0.2) is 0 Å². The lowest BCUT2D eigenvalue weighted by Crippen LogP contribution is -2.38. The molecule has 1 aromatic heterocycles. The van der Waals surface area contributed by atoms with E-state index in [0.717, 1.165) is 91.9 Å². The molecule has 1 saturated heterocycles. The number of furan rings is 1. The Kier molecular flexibility index (Phi) is 13.5. The van der Waals surface area contributed by atoms with Crippen LogP contribution in [0, 0.1) is 41.9 Å². The molecule has 0 amide bonds. The fraction of sp³-hybridized carbons (Fsp3) is 0.524. The number of carbonyl (C=O) groups excluding carboxylic acids is 2. The zero-order valence-electron chi connectivity index (χ0n) is 29.8. The van der Waals surface area contributed by atoms with Gasteiger partial charge >= 0.3 is 11.9 Å². The minimum atomic E-state index is -0.637. The number of aliphatic hydroxyl groups excluding tert-OH is 1. The lowest BCUT2D eigenvalue weighted by Gasteiger charge is -2.34. The van der Waals surface area contributed by atoms with Crippen molar-refractivity contribution < 1.29 is 28.6 Å². The molecule has 0 radical (unpaired) electrons. The summed E-state index contributed by atoms with van der Waals surface area (Å²) in [6.45, 7) is 11.2. The molecule has 2 aromatic carbocycles. The smallest absolute Gasteiger partial charge is 0.334 e. The van der Waals surface area contributed by atoms with Gasteiger partial charge in [-0.2, -0.15) is 0 Å². The Balaban J connectivity index is 0.00000255. The van der Waals surface area contributed by atoms with E-state index < -0.39 is 11.5 Å². The molecule has 1 N–H and O–H groups in total. The first-order valence-corrected chi connectivity index (χ1v) is 17.7. The van der Waals surface area contributed by atoms with Crippen LogP contribution < -0.4 is 0 Å². The minimum absolute atomic E-state index is 0.0915. The van der Waals surface area contributed by atoms with E-state index in [1.54, 1.807) is 0 Å². The average molecular weight is 655 g/mol. The lowest BCUT2D eigenvalue weighted by molar-refractivity contribution is -0.164. The molecule has 2 fully saturated rings. The van der Waals surface area contributed by atoms with E-state index in [1.165, 1.54) is 5.56 Å². The molecule has 3 aromatic rings. The van der Waals surface area contributed by atoms with Crippen molar-refractivity contribution in [3.63, 3.8) is 0 Å². The Bertz CT molecular complexity index is 1580. The van der Waals surface area contributed by atoms with Crippen LogP contribution in [0.5, 0.6) is 0 Å². The maximum atomic E-state index is 13.7. The van der Waals surface area contributed by atoms with Gasteiger partial charge < -0.3 is 19.0 Å². The Hall–Kier alpha value is -3.82. The summed E-state index contributed by atoms with van der Waals surface area (Å²) in [7, 11) is 1.00. The van der Waals surface area contributed by atoms with Crippen molar-refractivity contribution in [1.82, 2.24) is 0 Å². The summed E-state index contributed by atoms with van der Waals surface area (Å²) in [5.74, 6) is 8.60. The number of esters is 2. The van der Waals surface area contributed by atoms with E-state index in [4.69, 9.17) is 19.0 Å². The van der Waals surface area contributed by atoms with E-state index in [1.807, 2.05) is 36.4 Å². The summed E-state index contributed by atoms with van der Waals surface area (Å²) in [5.41, 5.74) is 3.98. The number of rotatable bonds is 11. The Morgan fingerprint density at radius 2 is 1.60 bits per heavy atom. The lowest BCUT2D eigenvalue weighted by atomic mass is 9.71. The van der Waals surface area contributed by atoms with E-state index >= 15 is 0 Å². The molecule has 1 unspecified atom stereocenters. The summed E-state index contributed by atoms with van der Waals surface area (Å²) in [6.07, 6.45) is 10.4. The third kappa shape index (κ3) is 10.3. The van der Waals surface area contributed by atoms with Gasteiger partial charge in [-0.05, 0) is 93.2 Å². The van der Waals surface area contributed by atoms with Crippen molar-refractivity contribution in [2.24, 2.45) is 23.2 Å². The van der Waals surface area contributed by atoms with Crippen LogP contribution in [0.25, 0.3) is 11.0 Å². The van der Waals surface area contributed by atoms with Crippen LogP contribution in [0.3, 0.4) is 0 Å². The van der Waals surface area contributed by atoms with Crippen LogP contribution in [-0.4, -0.2) is 36.9 Å². The number of allylic oxidation sites excluding steroid dienone is 1. The number of cyclic esters (lactones) is 1. The molecule has 6 nitrogen and oxygen atoms in total. The first-order chi connectivity index (χ1) is 23.1. The number of hydrogen-bond acceptors (Lipinski definition) is 6. The first-order valence-electron chi connectivity index (χ1n) is 17.7. The van der Waals surface area contributed by atoms with Crippen molar-refractivity contribution in [3.8, 4) is 11.8 Å². The Labute approximate surface area is 287 Å². The maximum absolute atomic E-state index is 13.7. The van der Waals surface area contributed by atoms with E-state index in [2.05, 4.69) is 64.7 Å². The van der Waals surface area contributed by atoms with Gasteiger partial charge in [-0.15, -0.1) is 0 Å². The topological polar surface area (TPSA) is 86.0 Å². The number of benzene rings is 2. The summed E-state index contributed by atoms with van der Waals surface area (Å²) >= 11 is 0. The molecule has 0 spiro atoms. The molecule has 1 aliphatic carbocycles. The Morgan fingerprint density at radius 1 is 0.958 bits per heavy atom. The van der Waals surface area contributed by atoms with Crippen molar-refractivity contribution >= 4 is 22.9 Å². The minimum Gasteiger partial charge on any atom is -0.461 e. The van der Waals surface area contributed by atoms with E-state index in [0.29, 0.717) is 30.6 Å². The van der Waals surface area contributed by atoms with Crippen LogP contribution in [0.1, 0.15) is 108 Å². The molecule has 48 heavy (non-hydrogen) atoms. The monoisotopic (exact) mass is 654 g/mol. The zero-order chi connectivity index (χ0) is 34.7. The van der Waals surface area contributed by atoms with Gasteiger partial charge in [-0.25, -0.2) is 4.79 Å². The normalized spacial score (nSPS) is 18.1. The van der Waals surface area contributed by atoms with Gasteiger partial charge in [0.25, 0.3) is 0 Å². The second kappa shape index (κ2) is 17.5. The first kappa shape index (κ1) is 37.0. The summed E-state index contributed by atoms with van der Waals surface area (Å²) in [4.78, 5) is 26.4. The number of fused-ring (bicyclic) bond motifs is 1. The fourth-order valence-electron chi connectivity index (χ4n) is 7.17. The number of aryl methyl sites for hydroxylation is 1. The second-order valence-corrected chi connectivity index (χ2v) is 14.5. The molecule has 2 heterocycles. The third-order valence-corrected chi connectivity index (χ3v) is 9.42. The van der Waals surface area contributed by atoms with Gasteiger partial charge in [0, 0.05) is 42.0 Å². The van der Waals surface area contributed by atoms with Crippen LogP contribution in [0.4, 0.5) is 0 Å². The van der Waals surface area contributed by atoms with Gasteiger partial charge in [-0.3, -0.25) is 4.79 Å². The summed E-state index contributed by atoms with van der Waals surface area (Å²) < 4.78 is 17.8. The molecule has 0 bridgehead atoms. The summed E-state index contributed by atoms with van der Waals surface area (Å²) in [6, 6.07) is 16.2. The molecule has 258 valence electrons. The van der Waals surface area contributed by atoms with Crippen LogP contribution in [-0.2, 0) is 25.5 Å². The SMILES string of the molecule is CO.Cc1ccc(C#Cc2ccc3oc(CC4(C(=O)OCC5C/C(=C\CC(CC(C)C)CC(C)C)C(=O)O5)CCCCC4)cc3c2)cc1. The molecule has 2 aliphatic rings. The fourth-order valence-corrected chi connectivity index (χ4v) is 7.17. The molecular weight excluding hydrogens is 600 g/mol. The summed E-state index contributed by atoms with van der Waals surface area (Å²) in [5, 5.41) is 7.98. The highest BCUT2D eigenvalue weighted by atomic mass is 16.6. The highest BCUT2D eigenvalue weighted by Gasteiger charge is 2.43. The predicted molar refractivity (Wildman–Crippen MR) is 191 cm³/mol. The standard InChI is InChI=1S/C41H50O5.CH4O/c1-28(2)21-33(22-29(3)4)15-17-34-24-37(46-39(34)42)27-44-40(43)41(19-7-6-8-20-41)26-36-25-35-23-32(16-18-38(35)45-36)14-13-31-11-9-30(5)10-12-31;1-2/h9-12,16-18,23,25,28-29,33,37H,6-8,15,19-22,24,26-27H2,1-5H3;2H,1H3/b34-17+;. The predicted octanol–water partition coefficient (Wildman–Crippen LogP) is 9.13. The molecule has 6 heteroatoms. The van der Waals surface area contributed by atoms with Crippen LogP contribution >= 0.6 is 0 Å². The number of aliphatic hydroxyl groups is 1. The van der Waals surface area contributed by atoms with Crippen molar-refractivity contribution in [3.05, 3.63) is 82.6 Å². The van der Waals surface area contributed by atoms with E-state index in [9.17, 15) is 9.59 Å². The number of hydrogen-bond donors (Lipinski definition) is 1. The number of carbonyl (C=O) groups is 2. The van der Waals surface area contributed by atoms with Crippen LogP contribution in [0.15, 0.2) is 64.6 Å². The maximum Gasteiger partial charge on any atom is 0.334 e. The van der Waals surface area contributed by atoms with Crippen LogP contribution in [0.2, 0.25) is 0 Å². The number of ether oxygens (including phenoxy) is 2. The highest BCUT2D eigenvalue weighted by Crippen LogP contribution is 2.41. The highest BCUT2D eigenvalue weighted by molar-refractivity contribution is 5.90. The van der Waals surface area contributed by atoms with E-state index in [-0.39, 0.29) is 18.5 Å². The Morgan fingerprint density at radius 3 is 2.27 bits per heavy atom. The molecule has 1 saturated carbocycles. The molecular formula is C42H54O6. The van der Waals surface area contributed by atoms with Crippen molar-refractivity contribution in [2.75, 3.05) is 13.7 Å². The van der Waals surface area contributed by atoms with Gasteiger partial charge in [0.1, 0.15) is 24.1 Å². The molecule has 5 rings (SSSR count). The molecule has 1 aliphatic heterocycles. The largest absolute Gasteiger partial charge is 0.461 e. The quantitative estimate of drug-likeness (QED) is 0.126. The van der Waals surface area contributed by atoms with Crippen molar-refractivity contribution in [1.29, 1.82) is 0 Å². The average Bonchev–Trinajstić information content (AvgIpc) is 3.64. The zero-order valence-corrected chi connectivity index (χ0v) is 29.8. The van der Waals surface area contributed by atoms with Crippen molar-refractivity contribution in [2.45, 2.75) is 105 Å².